The lowest BCUT2D eigenvalue weighted by atomic mass is 10.1. The zero-order valence-electron chi connectivity index (χ0n) is 9.50. The maximum absolute atomic E-state index is 4.40. The van der Waals surface area contributed by atoms with Crippen molar-refractivity contribution in [2.24, 2.45) is 0 Å². The lowest BCUT2D eigenvalue weighted by Gasteiger charge is -2.14. The Kier molecular flexibility index (Phi) is 3.44. The van der Waals surface area contributed by atoms with Gasteiger partial charge in [-0.15, -0.1) is 0 Å². The summed E-state index contributed by atoms with van der Waals surface area (Å²) >= 11 is 3.56. The maximum atomic E-state index is 4.40. The molecule has 1 heterocycles. The highest BCUT2D eigenvalue weighted by molar-refractivity contribution is 9.10. The molecular weight excluding hydrogens is 264 g/mol. The molecule has 0 radical (unpaired) electrons. The van der Waals surface area contributed by atoms with E-state index in [1.165, 1.54) is 5.39 Å². The third-order valence-corrected chi connectivity index (χ3v) is 3.44. The molecule has 1 unspecified atom stereocenters. The third-order valence-electron chi connectivity index (χ3n) is 2.75. The molecule has 1 N–H and O–H groups in total. The summed E-state index contributed by atoms with van der Waals surface area (Å²) < 4.78 is 1.11. The number of benzene rings is 1. The Morgan fingerprint density at radius 3 is 2.88 bits per heavy atom. The van der Waals surface area contributed by atoms with E-state index in [1.807, 2.05) is 18.3 Å². The van der Waals surface area contributed by atoms with Gasteiger partial charge in [-0.2, -0.15) is 0 Å². The monoisotopic (exact) mass is 278 g/mol. The van der Waals surface area contributed by atoms with Crippen LogP contribution in [0, 0.1) is 0 Å². The van der Waals surface area contributed by atoms with Gasteiger partial charge in [0, 0.05) is 27.5 Å². The summed E-state index contributed by atoms with van der Waals surface area (Å²) in [6, 6.07) is 8.65. The standard InChI is InChI=1S/C13H15BrN2/c1-3-9(2)16-13-11-5-4-6-12(14)10(11)7-8-15-13/h4-9H,3H2,1-2H3,(H,15,16). The van der Waals surface area contributed by atoms with Crippen molar-refractivity contribution in [1.29, 1.82) is 0 Å². The number of halogens is 1. The number of fused-ring (bicyclic) bond motifs is 1. The largest absolute Gasteiger partial charge is 0.367 e. The molecule has 0 aliphatic rings. The van der Waals surface area contributed by atoms with Gasteiger partial charge < -0.3 is 5.32 Å². The fraction of sp³-hybridized carbons (Fsp3) is 0.308. The average molecular weight is 279 g/mol. The van der Waals surface area contributed by atoms with Gasteiger partial charge in [-0.25, -0.2) is 4.98 Å². The minimum Gasteiger partial charge on any atom is -0.367 e. The van der Waals surface area contributed by atoms with Crippen LogP contribution in [0.15, 0.2) is 34.9 Å². The van der Waals surface area contributed by atoms with Gasteiger partial charge in [0.1, 0.15) is 5.82 Å². The van der Waals surface area contributed by atoms with Crippen LogP contribution in [0.25, 0.3) is 10.8 Å². The molecule has 2 nitrogen and oxygen atoms in total. The lowest BCUT2D eigenvalue weighted by molar-refractivity contribution is 0.760. The van der Waals surface area contributed by atoms with E-state index in [-0.39, 0.29) is 0 Å². The molecule has 16 heavy (non-hydrogen) atoms. The molecule has 1 atom stereocenters. The molecule has 2 aromatic rings. The average Bonchev–Trinajstić information content (AvgIpc) is 2.30. The number of nitrogens with zero attached hydrogens (tertiary/aromatic N) is 1. The van der Waals surface area contributed by atoms with Crippen LogP contribution in [0.3, 0.4) is 0 Å². The number of hydrogen-bond acceptors (Lipinski definition) is 2. The summed E-state index contributed by atoms with van der Waals surface area (Å²) in [6.07, 6.45) is 2.93. The molecule has 0 aliphatic heterocycles. The molecule has 0 aliphatic carbocycles. The molecule has 0 amide bonds. The zero-order chi connectivity index (χ0) is 11.5. The number of hydrogen-bond donors (Lipinski definition) is 1. The summed E-state index contributed by atoms with van der Waals surface area (Å²) in [7, 11) is 0. The molecule has 1 aromatic carbocycles. The van der Waals surface area contributed by atoms with Gasteiger partial charge in [-0.3, -0.25) is 0 Å². The van der Waals surface area contributed by atoms with Crippen LogP contribution in [0.4, 0.5) is 5.82 Å². The van der Waals surface area contributed by atoms with Crippen molar-refractivity contribution < 1.29 is 0 Å². The van der Waals surface area contributed by atoms with Gasteiger partial charge in [0.05, 0.1) is 0 Å². The highest BCUT2D eigenvalue weighted by Crippen LogP contribution is 2.27. The van der Waals surface area contributed by atoms with Crippen LogP contribution in [-0.4, -0.2) is 11.0 Å². The molecule has 0 saturated carbocycles. The Bertz CT molecular complexity index is 496. The van der Waals surface area contributed by atoms with E-state index in [1.54, 1.807) is 0 Å². The molecule has 1 aromatic heterocycles. The van der Waals surface area contributed by atoms with Crippen molar-refractivity contribution in [2.45, 2.75) is 26.3 Å². The van der Waals surface area contributed by atoms with Crippen molar-refractivity contribution in [3.05, 3.63) is 34.9 Å². The minimum absolute atomic E-state index is 0.442. The van der Waals surface area contributed by atoms with E-state index in [9.17, 15) is 0 Å². The topological polar surface area (TPSA) is 24.9 Å². The van der Waals surface area contributed by atoms with E-state index in [4.69, 9.17) is 0 Å². The zero-order valence-corrected chi connectivity index (χ0v) is 11.1. The summed E-state index contributed by atoms with van der Waals surface area (Å²) in [5, 5.41) is 5.79. The van der Waals surface area contributed by atoms with E-state index < -0.39 is 0 Å². The number of pyridine rings is 1. The second kappa shape index (κ2) is 4.83. The molecule has 3 heteroatoms. The highest BCUT2D eigenvalue weighted by Gasteiger charge is 2.06. The molecule has 84 valence electrons. The summed E-state index contributed by atoms with van der Waals surface area (Å²) in [6.45, 7) is 4.33. The van der Waals surface area contributed by atoms with Gasteiger partial charge in [-0.05, 0) is 25.5 Å². The van der Waals surface area contributed by atoms with Crippen LogP contribution < -0.4 is 5.32 Å². The fourth-order valence-corrected chi connectivity index (χ4v) is 2.12. The Balaban J connectivity index is 2.50. The van der Waals surface area contributed by atoms with Gasteiger partial charge in [-0.1, -0.05) is 35.0 Å². The quantitative estimate of drug-likeness (QED) is 0.910. The van der Waals surface area contributed by atoms with Crippen molar-refractivity contribution in [3.63, 3.8) is 0 Å². The second-order valence-electron chi connectivity index (χ2n) is 3.95. The number of rotatable bonds is 3. The molecular formula is C13H15BrN2. The number of nitrogens with one attached hydrogen (secondary N) is 1. The van der Waals surface area contributed by atoms with Gasteiger partial charge in [0.25, 0.3) is 0 Å². The first kappa shape index (κ1) is 11.4. The van der Waals surface area contributed by atoms with Crippen LogP contribution >= 0.6 is 15.9 Å². The normalized spacial score (nSPS) is 12.7. The molecule has 0 spiro atoms. The lowest BCUT2D eigenvalue weighted by Crippen LogP contribution is -2.14. The smallest absolute Gasteiger partial charge is 0.134 e. The van der Waals surface area contributed by atoms with Crippen LogP contribution in [0.2, 0.25) is 0 Å². The second-order valence-corrected chi connectivity index (χ2v) is 4.80. The van der Waals surface area contributed by atoms with E-state index in [0.29, 0.717) is 6.04 Å². The molecule has 0 fully saturated rings. The van der Waals surface area contributed by atoms with Crippen LogP contribution in [0.5, 0.6) is 0 Å². The number of anilines is 1. The SMILES string of the molecule is CCC(C)Nc1nccc2c(Br)cccc12. The van der Waals surface area contributed by atoms with E-state index >= 15 is 0 Å². The Morgan fingerprint density at radius 1 is 1.31 bits per heavy atom. The van der Waals surface area contributed by atoms with Crippen LogP contribution in [-0.2, 0) is 0 Å². The fourth-order valence-electron chi connectivity index (χ4n) is 1.62. The molecule has 0 bridgehead atoms. The summed E-state index contributed by atoms with van der Waals surface area (Å²) in [5.74, 6) is 0.966. The van der Waals surface area contributed by atoms with E-state index in [2.05, 4.69) is 52.2 Å². The van der Waals surface area contributed by atoms with Crippen molar-refractivity contribution in [3.8, 4) is 0 Å². The highest BCUT2D eigenvalue weighted by atomic mass is 79.9. The minimum atomic E-state index is 0.442. The molecule has 0 saturated heterocycles. The Hall–Kier alpha value is -1.09. The summed E-state index contributed by atoms with van der Waals surface area (Å²) in [4.78, 5) is 4.40. The summed E-state index contributed by atoms with van der Waals surface area (Å²) in [5.41, 5.74) is 0. The number of aromatic nitrogens is 1. The van der Waals surface area contributed by atoms with Gasteiger partial charge in [0.15, 0.2) is 0 Å². The first-order chi connectivity index (χ1) is 7.72. The predicted molar refractivity (Wildman–Crippen MR) is 72.8 cm³/mol. The van der Waals surface area contributed by atoms with Crippen molar-refractivity contribution >= 4 is 32.5 Å². The third kappa shape index (κ3) is 2.19. The van der Waals surface area contributed by atoms with Crippen molar-refractivity contribution in [1.82, 2.24) is 4.98 Å². The Morgan fingerprint density at radius 2 is 2.12 bits per heavy atom. The van der Waals surface area contributed by atoms with Gasteiger partial charge >= 0.3 is 0 Å². The van der Waals surface area contributed by atoms with Gasteiger partial charge in [0.2, 0.25) is 0 Å². The first-order valence-electron chi connectivity index (χ1n) is 5.52. The van der Waals surface area contributed by atoms with Crippen LogP contribution in [0.1, 0.15) is 20.3 Å². The first-order valence-corrected chi connectivity index (χ1v) is 6.31. The van der Waals surface area contributed by atoms with E-state index in [0.717, 1.165) is 22.1 Å². The Labute approximate surface area is 104 Å². The molecule has 2 rings (SSSR count). The predicted octanol–water partition coefficient (Wildman–Crippen LogP) is 4.21. The maximum Gasteiger partial charge on any atom is 0.134 e. The van der Waals surface area contributed by atoms with Crippen molar-refractivity contribution in [2.75, 3.05) is 5.32 Å².